The maximum Gasteiger partial charge on any atom is 0.164 e. The molecule has 0 saturated carbocycles. The molecule has 0 aliphatic heterocycles. The van der Waals surface area contributed by atoms with Gasteiger partial charge in [-0.1, -0.05) is 12.1 Å². The molecule has 4 heteroatoms. The lowest BCUT2D eigenvalue weighted by Crippen LogP contribution is -2.12. The van der Waals surface area contributed by atoms with E-state index in [2.05, 4.69) is 37.0 Å². The first kappa shape index (κ1) is 16.6. The zero-order valence-corrected chi connectivity index (χ0v) is 14.3. The zero-order chi connectivity index (χ0) is 15.9. The number of benzene rings is 1. The van der Waals surface area contributed by atoms with Crippen LogP contribution in [0.1, 0.15) is 20.9 Å². The summed E-state index contributed by atoms with van der Waals surface area (Å²) in [6.07, 6.45) is 2.64. The highest BCUT2D eigenvalue weighted by Crippen LogP contribution is 2.33. The molecule has 3 nitrogen and oxygen atoms in total. The molecule has 0 aliphatic rings. The molecule has 0 amide bonds. The fraction of sp³-hybridized carbons (Fsp3) is 0.333. The van der Waals surface area contributed by atoms with Crippen LogP contribution >= 0.6 is 11.3 Å². The topological polar surface area (TPSA) is 30.5 Å². The van der Waals surface area contributed by atoms with Gasteiger partial charge >= 0.3 is 0 Å². The largest absolute Gasteiger partial charge is 0.493 e. The quantitative estimate of drug-likeness (QED) is 0.744. The van der Waals surface area contributed by atoms with Gasteiger partial charge in [0.1, 0.15) is 0 Å². The summed E-state index contributed by atoms with van der Waals surface area (Å²) in [7, 11) is 3.34. The molecule has 0 radical (unpaired) electrons. The Bertz CT molecular complexity index is 634. The second-order valence-electron chi connectivity index (χ2n) is 5.10. The smallest absolute Gasteiger partial charge is 0.164 e. The number of thiophene rings is 1. The van der Waals surface area contributed by atoms with Crippen molar-refractivity contribution in [2.45, 2.75) is 26.4 Å². The number of allylic oxidation sites excluding steroid dienone is 1. The summed E-state index contributed by atoms with van der Waals surface area (Å²) in [4.78, 5) is 2.69. The first-order chi connectivity index (χ1) is 10.7. The highest BCUT2D eigenvalue weighted by Gasteiger charge is 2.11. The van der Waals surface area contributed by atoms with Crippen molar-refractivity contribution in [2.75, 3.05) is 14.2 Å². The van der Waals surface area contributed by atoms with E-state index in [1.165, 1.54) is 15.3 Å². The average molecular weight is 317 g/mol. The monoisotopic (exact) mass is 317 g/mol. The summed E-state index contributed by atoms with van der Waals surface area (Å²) >= 11 is 1.83. The summed E-state index contributed by atoms with van der Waals surface area (Å²) in [5.41, 5.74) is 2.28. The number of aryl methyl sites for hydroxylation is 1. The molecule has 2 aromatic rings. The van der Waals surface area contributed by atoms with E-state index in [1.807, 2.05) is 23.5 Å². The molecule has 1 N–H and O–H groups in total. The van der Waals surface area contributed by atoms with Crippen LogP contribution in [0.2, 0.25) is 0 Å². The van der Waals surface area contributed by atoms with Crippen molar-refractivity contribution in [2.24, 2.45) is 0 Å². The van der Waals surface area contributed by atoms with Gasteiger partial charge in [-0.05, 0) is 37.1 Å². The predicted molar refractivity (Wildman–Crippen MR) is 93.0 cm³/mol. The molecule has 0 spiro atoms. The van der Waals surface area contributed by atoms with Crippen LogP contribution < -0.4 is 14.8 Å². The Morgan fingerprint density at radius 3 is 2.59 bits per heavy atom. The van der Waals surface area contributed by atoms with Crippen molar-refractivity contribution in [1.82, 2.24) is 5.32 Å². The second kappa shape index (κ2) is 8.01. The number of hydrogen-bond acceptors (Lipinski definition) is 4. The molecular formula is C18H23NO2S. The minimum Gasteiger partial charge on any atom is -0.493 e. The lowest BCUT2D eigenvalue weighted by Gasteiger charge is -2.14. The van der Waals surface area contributed by atoms with Crippen molar-refractivity contribution in [3.05, 3.63) is 57.8 Å². The summed E-state index contributed by atoms with van der Waals surface area (Å²) in [6, 6.07) is 8.50. The van der Waals surface area contributed by atoms with Crippen LogP contribution in [0.4, 0.5) is 0 Å². The highest BCUT2D eigenvalue weighted by atomic mass is 32.1. The van der Waals surface area contributed by atoms with E-state index >= 15 is 0 Å². The van der Waals surface area contributed by atoms with Crippen LogP contribution in [0.5, 0.6) is 11.5 Å². The minimum absolute atomic E-state index is 0.761. The van der Waals surface area contributed by atoms with Gasteiger partial charge in [0, 0.05) is 28.4 Å². The van der Waals surface area contributed by atoms with Gasteiger partial charge in [-0.25, -0.2) is 0 Å². The lowest BCUT2D eigenvalue weighted by atomic mass is 10.1. The Labute approximate surface area is 136 Å². The van der Waals surface area contributed by atoms with E-state index in [0.29, 0.717) is 0 Å². The summed E-state index contributed by atoms with van der Waals surface area (Å²) in [5.74, 6) is 1.56. The maximum atomic E-state index is 5.46. The number of ether oxygens (including phenoxy) is 2. The fourth-order valence-electron chi connectivity index (χ4n) is 2.43. The number of rotatable bonds is 8. The van der Waals surface area contributed by atoms with Crippen molar-refractivity contribution < 1.29 is 9.47 Å². The van der Waals surface area contributed by atoms with E-state index in [4.69, 9.17) is 9.47 Å². The van der Waals surface area contributed by atoms with Crippen molar-refractivity contribution in [3.63, 3.8) is 0 Å². The van der Waals surface area contributed by atoms with Crippen LogP contribution in [0, 0.1) is 6.92 Å². The van der Waals surface area contributed by atoms with Gasteiger partial charge in [0.2, 0.25) is 0 Å². The van der Waals surface area contributed by atoms with E-state index in [-0.39, 0.29) is 0 Å². The molecule has 0 saturated heterocycles. The van der Waals surface area contributed by atoms with Gasteiger partial charge in [-0.15, -0.1) is 17.9 Å². The van der Waals surface area contributed by atoms with E-state index in [9.17, 15) is 0 Å². The Morgan fingerprint density at radius 2 is 2.00 bits per heavy atom. The van der Waals surface area contributed by atoms with Gasteiger partial charge in [0.15, 0.2) is 11.5 Å². The van der Waals surface area contributed by atoms with E-state index in [0.717, 1.165) is 36.6 Å². The molecular weight excluding hydrogens is 294 g/mol. The van der Waals surface area contributed by atoms with Crippen molar-refractivity contribution in [3.8, 4) is 11.5 Å². The van der Waals surface area contributed by atoms with Crippen LogP contribution in [0.15, 0.2) is 36.9 Å². The molecule has 1 aromatic heterocycles. The lowest BCUT2D eigenvalue weighted by molar-refractivity contribution is 0.351. The van der Waals surface area contributed by atoms with Crippen LogP contribution in [0.3, 0.4) is 0 Å². The first-order valence-electron chi connectivity index (χ1n) is 7.28. The SMILES string of the molecule is C=CCc1cc(CNCc2ccc(C)s2)cc(OC)c1OC. The maximum absolute atomic E-state index is 5.46. The molecule has 0 bridgehead atoms. The summed E-state index contributed by atoms with van der Waals surface area (Å²) in [5, 5.41) is 3.48. The normalized spacial score (nSPS) is 10.5. The average Bonchev–Trinajstić information content (AvgIpc) is 2.92. The van der Waals surface area contributed by atoms with Crippen molar-refractivity contribution in [1.29, 1.82) is 0 Å². The molecule has 118 valence electrons. The summed E-state index contributed by atoms with van der Waals surface area (Å²) in [6.45, 7) is 7.61. The Kier molecular flexibility index (Phi) is 6.04. The van der Waals surface area contributed by atoms with Gasteiger partial charge < -0.3 is 14.8 Å². The summed E-state index contributed by atoms with van der Waals surface area (Å²) < 4.78 is 10.9. The van der Waals surface area contributed by atoms with Crippen molar-refractivity contribution >= 4 is 11.3 Å². The zero-order valence-electron chi connectivity index (χ0n) is 13.4. The van der Waals surface area contributed by atoms with Crippen LogP contribution in [0.25, 0.3) is 0 Å². The molecule has 0 aliphatic carbocycles. The number of methoxy groups -OCH3 is 2. The molecule has 0 atom stereocenters. The van der Waals surface area contributed by atoms with Crippen LogP contribution in [-0.4, -0.2) is 14.2 Å². The van der Waals surface area contributed by atoms with Crippen LogP contribution in [-0.2, 0) is 19.5 Å². The van der Waals surface area contributed by atoms with E-state index in [1.54, 1.807) is 14.2 Å². The number of nitrogens with one attached hydrogen (secondary N) is 1. The second-order valence-corrected chi connectivity index (χ2v) is 6.47. The van der Waals surface area contributed by atoms with E-state index < -0.39 is 0 Å². The van der Waals surface area contributed by atoms with Gasteiger partial charge in [-0.2, -0.15) is 0 Å². The Morgan fingerprint density at radius 1 is 1.18 bits per heavy atom. The molecule has 1 aromatic carbocycles. The molecule has 1 heterocycles. The predicted octanol–water partition coefficient (Wildman–Crippen LogP) is 4.09. The Hall–Kier alpha value is -1.78. The third-order valence-electron chi connectivity index (χ3n) is 3.40. The molecule has 2 rings (SSSR count). The third-order valence-corrected chi connectivity index (χ3v) is 4.40. The minimum atomic E-state index is 0.761. The first-order valence-corrected chi connectivity index (χ1v) is 8.10. The number of hydrogen-bond donors (Lipinski definition) is 1. The molecule has 22 heavy (non-hydrogen) atoms. The molecule has 0 unspecified atom stereocenters. The van der Waals surface area contributed by atoms with Gasteiger partial charge in [-0.3, -0.25) is 0 Å². The fourth-order valence-corrected chi connectivity index (χ4v) is 3.29. The highest BCUT2D eigenvalue weighted by molar-refractivity contribution is 7.11. The molecule has 0 fully saturated rings. The standard InChI is InChI=1S/C18H23NO2S/c1-5-6-15-9-14(10-17(20-3)18(15)21-4)11-19-12-16-8-7-13(2)22-16/h5,7-10,19H,1,6,11-12H2,2-4H3. The Balaban J connectivity index is 2.09. The third kappa shape index (κ3) is 4.12. The van der Waals surface area contributed by atoms with Gasteiger partial charge in [0.25, 0.3) is 0 Å². The van der Waals surface area contributed by atoms with Gasteiger partial charge in [0.05, 0.1) is 14.2 Å².